The molecule has 0 radical (unpaired) electrons. The van der Waals surface area contributed by atoms with E-state index in [1.807, 2.05) is 33.8 Å². The Morgan fingerprint density at radius 1 is 1.25 bits per heavy atom. The molecule has 0 aliphatic carbocycles. The molecule has 1 aromatic carbocycles. The maximum absolute atomic E-state index is 11.8. The number of carbonyl (C=O) groups is 2. The molecule has 0 atom stereocenters. The van der Waals surface area contributed by atoms with E-state index in [-0.39, 0.29) is 18.1 Å². The Hall–Kier alpha value is -1.88. The van der Waals surface area contributed by atoms with E-state index in [1.54, 1.807) is 6.92 Å². The number of aromatic carboxylic acids is 1. The minimum atomic E-state index is -1.07. The van der Waals surface area contributed by atoms with Crippen LogP contribution in [0.2, 0.25) is 0 Å². The van der Waals surface area contributed by atoms with Crippen LogP contribution in [0.4, 0.5) is 5.69 Å². The number of aryl methyl sites for hydroxylation is 2. The molecule has 0 aliphatic heterocycles. The summed E-state index contributed by atoms with van der Waals surface area (Å²) in [4.78, 5) is 23.1. The van der Waals surface area contributed by atoms with Gasteiger partial charge in [-0.3, -0.25) is 4.79 Å². The lowest BCUT2D eigenvalue weighted by Crippen LogP contribution is -2.27. The molecule has 2 N–H and O–H groups in total. The molecule has 0 saturated heterocycles. The molecule has 0 saturated carbocycles. The minimum absolute atomic E-state index is 0.0895. The molecule has 1 aromatic rings. The second-order valence-corrected chi connectivity index (χ2v) is 5.76. The molecule has 110 valence electrons. The first-order valence-electron chi connectivity index (χ1n) is 6.38. The van der Waals surface area contributed by atoms with E-state index < -0.39 is 11.6 Å². The van der Waals surface area contributed by atoms with E-state index in [4.69, 9.17) is 4.74 Å². The second kappa shape index (κ2) is 6.05. The molecule has 0 aromatic heterocycles. The van der Waals surface area contributed by atoms with E-state index in [0.29, 0.717) is 11.3 Å². The van der Waals surface area contributed by atoms with Gasteiger partial charge in [0, 0.05) is 0 Å². The largest absolute Gasteiger partial charge is 0.478 e. The molecule has 0 fully saturated rings. The SMILES string of the molecule is Cc1cc(C)c(NC(=O)COC(C)(C)C)c(C(=O)O)c1. The molecule has 0 unspecified atom stereocenters. The van der Waals surface area contributed by atoms with Gasteiger partial charge in [-0.15, -0.1) is 0 Å². The predicted molar refractivity (Wildman–Crippen MR) is 77.2 cm³/mol. The highest BCUT2D eigenvalue weighted by molar-refractivity contribution is 6.02. The van der Waals surface area contributed by atoms with Gasteiger partial charge >= 0.3 is 5.97 Å². The van der Waals surface area contributed by atoms with Gasteiger partial charge in [-0.25, -0.2) is 4.79 Å². The lowest BCUT2D eigenvalue weighted by atomic mass is 10.0. The summed E-state index contributed by atoms with van der Waals surface area (Å²) in [5.41, 5.74) is 1.54. The number of amides is 1. The molecule has 0 bridgehead atoms. The standard InChI is InChI=1S/C15H21NO4/c1-9-6-10(2)13(11(7-9)14(18)19)16-12(17)8-20-15(3,4)5/h6-7H,8H2,1-5H3,(H,16,17)(H,18,19). The van der Waals surface area contributed by atoms with Gasteiger partial charge in [0.25, 0.3) is 0 Å². The Morgan fingerprint density at radius 3 is 2.35 bits per heavy atom. The number of ether oxygens (including phenoxy) is 1. The zero-order valence-electron chi connectivity index (χ0n) is 12.5. The second-order valence-electron chi connectivity index (χ2n) is 5.76. The Kier molecular flexibility index (Phi) is 4.89. The number of carboxylic acid groups (broad SMARTS) is 1. The first kappa shape index (κ1) is 16.2. The number of carbonyl (C=O) groups excluding carboxylic acids is 1. The van der Waals surface area contributed by atoms with Crippen molar-refractivity contribution in [3.05, 3.63) is 28.8 Å². The van der Waals surface area contributed by atoms with E-state index in [1.165, 1.54) is 6.07 Å². The fourth-order valence-corrected chi connectivity index (χ4v) is 1.76. The van der Waals surface area contributed by atoms with Crippen LogP contribution in [0.1, 0.15) is 42.3 Å². The predicted octanol–water partition coefficient (Wildman–Crippen LogP) is 2.76. The third kappa shape index (κ3) is 4.66. The van der Waals surface area contributed by atoms with E-state index >= 15 is 0 Å². The highest BCUT2D eigenvalue weighted by Gasteiger charge is 2.17. The summed E-state index contributed by atoms with van der Waals surface area (Å²) in [7, 11) is 0. The summed E-state index contributed by atoms with van der Waals surface area (Å²) in [5, 5.41) is 11.8. The van der Waals surface area contributed by atoms with Crippen LogP contribution in [0.25, 0.3) is 0 Å². The topological polar surface area (TPSA) is 75.6 Å². The maximum Gasteiger partial charge on any atom is 0.337 e. The first-order valence-corrected chi connectivity index (χ1v) is 6.38. The number of hydrogen-bond donors (Lipinski definition) is 2. The molecule has 0 heterocycles. The van der Waals surface area contributed by atoms with E-state index in [0.717, 1.165) is 5.56 Å². The average molecular weight is 279 g/mol. The van der Waals surface area contributed by atoms with Crippen molar-refractivity contribution in [2.75, 3.05) is 11.9 Å². The smallest absolute Gasteiger partial charge is 0.337 e. The molecule has 1 amide bonds. The van der Waals surface area contributed by atoms with Gasteiger partial charge in [0.2, 0.25) is 5.91 Å². The normalized spacial score (nSPS) is 11.2. The van der Waals surface area contributed by atoms with Gasteiger partial charge in [0.1, 0.15) is 6.61 Å². The van der Waals surface area contributed by atoms with Crippen molar-refractivity contribution < 1.29 is 19.4 Å². The van der Waals surface area contributed by atoms with Gasteiger partial charge in [0.05, 0.1) is 16.9 Å². The molecular weight excluding hydrogens is 258 g/mol. The maximum atomic E-state index is 11.8. The summed E-state index contributed by atoms with van der Waals surface area (Å²) in [6, 6.07) is 3.36. The highest BCUT2D eigenvalue weighted by atomic mass is 16.5. The van der Waals surface area contributed by atoms with Crippen LogP contribution >= 0.6 is 0 Å². The van der Waals surface area contributed by atoms with Crippen molar-refractivity contribution >= 4 is 17.6 Å². The Labute approximate surface area is 118 Å². The number of rotatable bonds is 4. The first-order chi connectivity index (χ1) is 9.10. The van der Waals surface area contributed by atoms with Crippen LogP contribution in [0.15, 0.2) is 12.1 Å². The molecule has 20 heavy (non-hydrogen) atoms. The van der Waals surface area contributed by atoms with Crippen LogP contribution < -0.4 is 5.32 Å². The number of carboxylic acids is 1. The summed E-state index contributed by atoms with van der Waals surface area (Å²) >= 11 is 0. The number of benzene rings is 1. The van der Waals surface area contributed by atoms with Gasteiger partial charge in [0.15, 0.2) is 0 Å². The van der Waals surface area contributed by atoms with Crippen molar-refractivity contribution in [1.29, 1.82) is 0 Å². The van der Waals surface area contributed by atoms with Gasteiger partial charge in [-0.1, -0.05) is 6.07 Å². The number of anilines is 1. The third-order valence-electron chi connectivity index (χ3n) is 2.61. The molecule has 0 aliphatic rings. The van der Waals surface area contributed by atoms with Gasteiger partial charge in [-0.2, -0.15) is 0 Å². The summed E-state index contributed by atoms with van der Waals surface area (Å²) in [6.07, 6.45) is 0. The van der Waals surface area contributed by atoms with Crippen LogP contribution in [-0.4, -0.2) is 29.2 Å². The highest BCUT2D eigenvalue weighted by Crippen LogP contribution is 2.23. The van der Waals surface area contributed by atoms with Crippen molar-refractivity contribution in [1.82, 2.24) is 0 Å². The van der Waals surface area contributed by atoms with Gasteiger partial charge < -0.3 is 15.2 Å². The van der Waals surface area contributed by atoms with Crippen molar-refractivity contribution in [2.45, 2.75) is 40.2 Å². The fraction of sp³-hybridized carbons (Fsp3) is 0.467. The molecule has 0 spiro atoms. The summed E-state index contributed by atoms with van der Waals surface area (Å²) in [6.45, 7) is 9.00. The Balaban J connectivity index is 2.92. The van der Waals surface area contributed by atoms with Crippen LogP contribution in [0.5, 0.6) is 0 Å². The fourth-order valence-electron chi connectivity index (χ4n) is 1.76. The van der Waals surface area contributed by atoms with Crippen molar-refractivity contribution in [3.63, 3.8) is 0 Å². The molecule has 5 heteroatoms. The lowest BCUT2D eigenvalue weighted by Gasteiger charge is -2.19. The van der Waals surface area contributed by atoms with Gasteiger partial charge in [-0.05, 0) is 51.8 Å². The lowest BCUT2D eigenvalue weighted by molar-refractivity contribution is -0.125. The number of hydrogen-bond acceptors (Lipinski definition) is 3. The third-order valence-corrected chi connectivity index (χ3v) is 2.61. The average Bonchev–Trinajstić information content (AvgIpc) is 2.28. The molecule has 1 rings (SSSR count). The zero-order valence-corrected chi connectivity index (χ0v) is 12.5. The monoisotopic (exact) mass is 279 g/mol. The van der Waals surface area contributed by atoms with Crippen molar-refractivity contribution in [3.8, 4) is 0 Å². The number of nitrogens with one attached hydrogen (secondary N) is 1. The summed E-state index contributed by atoms with van der Waals surface area (Å²) < 4.78 is 5.37. The van der Waals surface area contributed by atoms with E-state index in [9.17, 15) is 14.7 Å². The zero-order chi connectivity index (χ0) is 15.5. The molecular formula is C15H21NO4. The quantitative estimate of drug-likeness (QED) is 0.888. The Morgan fingerprint density at radius 2 is 1.85 bits per heavy atom. The van der Waals surface area contributed by atoms with E-state index in [2.05, 4.69) is 5.32 Å². The molecule has 5 nitrogen and oxygen atoms in total. The minimum Gasteiger partial charge on any atom is -0.478 e. The van der Waals surface area contributed by atoms with Crippen molar-refractivity contribution in [2.24, 2.45) is 0 Å². The Bertz CT molecular complexity index is 529. The van der Waals surface area contributed by atoms with Crippen LogP contribution in [-0.2, 0) is 9.53 Å². The summed E-state index contributed by atoms with van der Waals surface area (Å²) in [5.74, 6) is -1.43. The van der Waals surface area contributed by atoms with Crippen LogP contribution in [0, 0.1) is 13.8 Å². The van der Waals surface area contributed by atoms with Crippen LogP contribution in [0.3, 0.4) is 0 Å².